The molecule has 0 fully saturated rings. The Hall–Kier alpha value is -0.410. The summed E-state index contributed by atoms with van der Waals surface area (Å²) in [6, 6.07) is 0.578. The topological polar surface area (TPSA) is 24.9 Å². The van der Waals surface area contributed by atoms with E-state index in [1.165, 1.54) is 11.3 Å². The van der Waals surface area contributed by atoms with Crippen LogP contribution in [0.2, 0.25) is 0 Å². The highest BCUT2D eigenvalue weighted by molar-refractivity contribution is 7.09. The van der Waals surface area contributed by atoms with E-state index in [-0.39, 0.29) is 0 Å². The molecule has 1 N–H and O–H groups in total. The summed E-state index contributed by atoms with van der Waals surface area (Å²) in [7, 11) is 0. The van der Waals surface area contributed by atoms with Crippen LogP contribution < -0.4 is 5.32 Å². The number of likely N-dealkylation sites (N-methyl/N-ethyl adjacent to an activating group) is 1. The smallest absolute Gasteiger partial charge is 0.0794 e. The van der Waals surface area contributed by atoms with Crippen LogP contribution in [0, 0.1) is 11.3 Å². The first-order valence-corrected chi connectivity index (χ1v) is 7.42. The Morgan fingerprint density at radius 1 is 1.41 bits per heavy atom. The van der Waals surface area contributed by atoms with Crippen LogP contribution in [0.5, 0.6) is 0 Å². The van der Waals surface area contributed by atoms with Crippen molar-refractivity contribution < 1.29 is 0 Å². The standard InChI is InChI=1S/C14H26N2S/c1-6-16-12(7-11(2)14(3,4)5)8-13-9-15-10-17-13/h9-12,16H,6-8H2,1-5H3. The molecule has 0 aromatic carbocycles. The minimum atomic E-state index is 0.390. The van der Waals surface area contributed by atoms with E-state index in [4.69, 9.17) is 0 Å². The summed E-state index contributed by atoms with van der Waals surface area (Å²) in [4.78, 5) is 5.54. The molecule has 0 radical (unpaired) electrons. The van der Waals surface area contributed by atoms with E-state index < -0.39 is 0 Å². The summed E-state index contributed by atoms with van der Waals surface area (Å²) in [5.41, 5.74) is 2.31. The van der Waals surface area contributed by atoms with Gasteiger partial charge in [0, 0.05) is 17.1 Å². The third-order valence-electron chi connectivity index (χ3n) is 3.54. The molecular weight excluding hydrogens is 228 g/mol. The maximum atomic E-state index is 4.15. The number of hydrogen-bond acceptors (Lipinski definition) is 3. The maximum absolute atomic E-state index is 4.15. The fourth-order valence-electron chi connectivity index (χ4n) is 1.89. The molecule has 0 aliphatic rings. The van der Waals surface area contributed by atoms with Gasteiger partial charge in [0.2, 0.25) is 0 Å². The minimum Gasteiger partial charge on any atom is -0.314 e. The Morgan fingerprint density at radius 3 is 2.59 bits per heavy atom. The first kappa shape index (κ1) is 14.7. The van der Waals surface area contributed by atoms with Crippen molar-refractivity contribution in [3.05, 3.63) is 16.6 Å². The summed E-state index contributed by atoms with van der Waals surface area (Å²) in [5, 5.41) is 3.60. The normalized spacial score (nSPS) is 15.8. The quantitative estimate of drug-likeness (QED) is 0.836. The largest absolute Gasteiger partial charge is 0.314 e. The fraction of sp³-hybridized carbons (Fsp3) is 0.786. The lowest BCUT2D eigenvalue weighted by Gasteiger charge is -2.31. The number of hydrogen-bond donors (Lipinski definition) is 1. The summed E-state index contributed by atoms with van der Waals surface area (Å²) in [5.74, 6) is 0.722. The highest BCUT2D eigenvalue weighted by Gasteiger charge is 2.23. The predicted octanol–water partition coefficient (Wildman–Crippen LogP) is 3.74. The lowest BCUT2D eigenvalue weighted by atomic mass is 9.78. The van der Waals surface area contributed by atoms with Gasteiger partial charge in [-0.15, -0.1) is 11.3 Å². The van der Waals surface area contributed by atoms with Gasteiger partial charge >= 0.3 is 0 Å². The molecule has 0 aliphatic carbocycles. The number of rotatable bonds is 6. The molecule has 98 valence electrons. The van der Waals surface area contributed by atoms with Crippen molar-refractivity contribution in [3.63, 3.8) is 0 Å². The average molecular weight is 254 g/mol. The van der Waals surface area contributed by atoms with Gasteiger partial charge in [-0.05, 0) is 30.7 Å². The summed E-state index contributed by atoms with van der Waals surface area (Å²) in [6.07, 6.45) is 4.34. The molecule has 2 unspecified atom stereocenters. The molecule has 1 aromatic rings. The van der Waals surface area contributed by atoms with Crippen LogP contribution in [-0.2, 0) is 6.42 Å². The molecule has 1 rings (SSSR count). The number of nitrogens with zero attached hydrogens (tertiary/aromatic N) is 1. The van der Waals surface area contributed by atoms with E-state index in [9.17, 15) is 0 Å². The number of nitrogens with one attached hydrogen (secondary N) is 1. The Labute approximate surface area is 110 Å². The van der Waals surface area contributed by atoms with Crippen molar-refractivity contribution in [2.24, 2.45) is 11.3 Å². The Bertz CT molecular complexity index is 301. The van der Waals surface area contributed by atoms with Crippen LogP contribution in [0.3, 0.4) is 0 Å². The van der Waals surface area contributed by atoms with Crippen molar-refractivity contribution >= 4 is 11.3 Å². The van der Waals surface area contributed by atoms with Gasteiger partial charge in [-0.25, -0.2) is 0 Å². The van der Waals surface area contributed by atoms with E-state index in [1.807, 2.05) is 11.7 Å². The summed E-state index contributed by atoms with van der Waals surface area (Å²) < 4.78 is 0. The Balaban J connectivity index is 2.54. The van der Waals surface area contributed by atoms with Crippen LogP contribution in [0.4, 0.5) is 0 Å². The van der Waals surface area contributed by atoms with E-state index in [1.54, 1.807) is 11.3 Å². The van der Waals surface area contributed by atoms with Gasteiger partial charge in [0.05, 0.1) is 5.51 Å². The van der Waals surface area contributed by atoms with Crippen molar-refractivity contribution in [1.29, 1.82) is 0 Å². The molecule has 3 heteroatoms. The second-order valence-corrected chi connectivity index (χ2v) is 6.90. The fourth-order valence-corrected chi connectivity index (χ4v) is 2.57. The lowest BCUT2D eigenvalue weighted by molar-refractivity contribution is 0.223. The minimum absolute atomic E-state index is 0.390. The third-order valence-corrected chi connectivity index (χ3v) is 4.34. The Kier molecular flexibility index (Phi) is 5.60. The van der Waals surface area contributed by atoms with Gasteiger partial charge in [0.15, 0.2) is 0 Å². The molecule has 1 heterocycles. The first-order chi connectivity index (χ1) is 7.93. The maximum Gasteiger partial charge on any atom is 0.0794 e. The predicted molar refractivity (Wildman–Crippen MR) is 76.5 cm³/mol. The monoisotopic (exact) mass is 254 g/mol. The van der Waals surface area contributed by atoms with Crippen molar-refractivity contribution in [3.8, 4) is 0 Å². The van der Waals surface area contributed by atoms with Gasteiger partial charge in [-0.3, -0.25) is 4.98 Å². The second-order valence-electron chi connectivity index (χ2n) is 5.93. The van der Waals surface area contributed by atoms with Gasteiger partial charge in [-0.1, -0.05) is 34.6 Å². The zero-order valence-corrected chi connectivity index (χ0v) is 12.6. The Morgan fingerprint density at radius 2 is 2.12 bits per heavy atom. The van der Waals surface area contributed by atoms with Crippen molar-refractivity contribution in [1.82, 2.24) is 10.3 Å². The van der Waals surface area contributed by atoms with Crippen LogP contribution in [0.25, 0.3) is 0 Å². The molecule has 0 spiro atoms. The SMILES string of the molecule is CCNC(Cc1cncs1)CC(C)C(C)(C)C. The van der Waals surface area contributed by atoms with Gasteiger partial charge in [0.1, 0.15) is 0 Å². The third kappa shape index (κ3) is 5.17. The van der Waals surface area contributed by atoms with E-state index in [0.717, 1.165) is 18.9 Å². The summed E-state index contributed by atoms with van der Waals surface area (Å²) >= 11 is 1.76. The highest BCUT2D eigenvalue weighted by Crippen LogP contribution is 2.29. The molecule has 2 atom stereocenters. The van der Waals surface area contributed by atoms with Gasteiger partial charge in [-0.2, -0.15) is 0 Å². The second kappa shape index (κ2) is 6.50. The molecule has 2 nitrogen and oxygen atoms in total. The van der Waals surface area contributed by atoms with E-state index in [0.29, 0.717) is 11.5 Å². The van der Waals surface area contributed by atoms with Crippen molar-refractivity contribution in [2.45, 2.75) is 53.5 Å². The first-order valence-electron chi connectivity index (χ1n) is 6.54. The van der Waals surface area contributed by atoms with E-state index >= 15 is 0 Å². The number of aromatic nitrogens is 1. The molecule has 0 amide bonds. The number of thiazole rings is 1. The zero-order chi connectivity index (χ0) is 12.9. The van der Waals surface area contributed by atoms with Crippen molar-refractivity contribution in [2.75, 3.05) is 6.54 Å². The lowest BCUT2D eigenvalue weighted by Crippen LogP contribution is -2.35. The molecule has 0 saturated carbocycles. The molecule has 0 saturated heterocycles. The van der Waals surface area contributed by atoms with Crippen LogP contribution >= 0.6 is 11.3 Å². The highest BCUT2D eigenvalue weighted by atomic mass is 32.1. The van der Waals surface area contributed by atoms with Crippen LogP contribution in [0.15, 0.2) is 11.7 Å². The molecule has 0 aliphatic heterocycles. The molecule has 17 heavy (non-hydrogen) atoms. The average Bonchev–Trinajstić information content (AvgIpc) is 2.69. The summed E-state index contributed by atoms with van der Waals surface area (Å²) in [6.45, 7) is 12.6. The van der Waals surface area contributed by atoms with Gasteiger partial charge in [0.25, 0.3) is 0 Å². The molecular formula is C14H26N2S. The zero-order valence-electron chi connectivity index (χ0n) is 11.8. The van der Waals surface area contributed by atoms with Gasteiger partial charge < -0.3 is 5.32 Å². The van der Waals surface area contributed by atoms with E-state index in [2.05, 4.69) is 44.9 Å². The molecule has 1 aromatic heterocycles. The molecule has 0 bridgehead atoms. The van der Waals surface area contributed by atoms with Crippen LogP contribution in [-0.4, -0.2) is 17.6 Å². The van der Waals surface area contributed by atoms with Crippen LogP contribution in [0.1, 0.15) is 45.9 Å².